The number of benzene rings is 1. The smallest absolute Gasteiger partial charge is 0.358 e. The minimum atomic E-state index is -0.608. The summed E-state index contributed by atoms with van der Waals surface area (Å²) in [5.41, 5.74) is 0.903. The van der Waals surface area contributed by atoms with E-state index in [1.54, 1.807) is 6.92 Å². The van der Waals surface area contributed by atoms with E-state index in [1.165, 1.54) is 0 Å². The van der Waals surface area contributed by atoms with Gasteiger partial charge in [-0.1, -0.05) is 30.3 Å². The Hall–Kier alpha value is -2.17. The molecular weight excluding hydrogens is 235 g/mol. The minimum absolute atomic E-state index is 0.00900. The largest absolute Gasteiger partial charge is 0.461 e. The maximum Gasteiger partial charge on any atom is 0.358 e. The van der Waals surface area contributed by atoms with Crippen LogP contribution in [0.2, 0.25) is 0 Å². The van der Waals surface area contributed by atoms with Gasteiger partial charge in [0.05, 0.1) is 13.2 Å². The summed E-state index contributed by atoms with van der Waals surface area (Å²) >= 11 is 0. The number of carbonyl (C=O) groups is 1. The van der Waals surface area contributed by atoms with Crippen LogP contribution < -0.4 is 0 Å². The molecule has 0 radical (unpaired) electrons. The normalized spacial score (nSPS) is 10.3. The molecule has 0 bridgehead atoms. The summed E-state index contributed by atoms with van der Waals surface area (Å²) in [6, 6.07) is 10.4. The van der Waals surface area contributed by atoms with Crippen LogP contribution in [0.15, 0.2) is 36.4 Å². The van der Waals surface area contributed by atoms with Crippen molar-refractivity contribution in [3.05, 3.63) is 53.6 Å². The summed E-state index contributed by atoms with van der Waals surface area (Å²) in [4.78, 5) is 11.4. The lowest BCUT2D eigenvalue weighted by atomic mass is 10.2. The molecule has 94 valence electrons. The van der Waals surface area contributed by atoms with Crippen LogP contribution in [0.25, 0.3) is 0 Å². The Morgan fingerprint density at radius 3 is 2.78 bits per heavy atom. The topological polar surface area (TPSA) is 44.1 Å². The number of halogens is 1. The lowest BCUT2D eigenvalue weighted by molar-refractivity contribution is 0.0518. The van der Waals surface area contributed by atoms with E-state index in [1.807, 2.05) is 30.3 Å². The highest BCUT2D eigenvalue weighted by Gasteiger charge is 2.15. The first-order valence-electron chi connectivity index (χ1n) is 5.65. The Labute approximate surface area is 104 Å². The van der Waals surface area contributed by atoms with Gasteiger partial charge in [0.15, 0.2) is 5.69 Å². The molecule has 0 unspecified atom stereocenters. The van der Waals surface area contributed by atoms with Crippen LogP contribution in [-0.2, 0) is 11.3 Å². The molecular formula is C13H13FN2O2. The molecule has 0 spiro atoms. The number of nitrogens with zero attached hydrogens (tertiary/aromatic N) is 2. The van der Waals surface area contributed by atoms with Crippen LogP contribution in [0.5, 0.6) is 0 Å². The number of rotatable bonds is 4. The summed E-state index contributed by atoms with van der Waals surface area (Å²) in [6.45, 7) is 2.22. The first kappa shape index (κ1) is 12.3. The molecule has 0 amide bonds. The summed E-state index contributed by atoms with van der Waals surface area (Å²) in [5, 5.41) is 3.89. The van der Waals surface area contributed by atoms with E-state index in [4.69, 9.17) is 4.74 Å². The quantitative estimate of drug-likeness (QED) is 0.779. The van der Waals surface area contributed by atoms with E-state index in [0.29, 0.717) is 0 Å². The average Bonchev–Trinajstić information content (AvgIpc) is 2.73. The number of carbonyl (C=O) groups excluding carboxylic acids is 1. The third-order valence-corrected chi connectivity index (χ3v) is 2.39. The van der Waals surface area contributed by atoms with Crippen LogP contribution in [-0.4, -0.2) is 22.4 Å². The van der Waals surface area contributed by atoms with Crippen molar-refractivity contribution in [3.63, 3.8) is 0 Å². The van der Waals surface area contributed by atoms with E-state index in [9.17, 15) is 9.18 Å². The first-order chi connectivity index (χ1) is 8.70. The number of aromatic nitrogens is 2. The molecule has 4 nitrogen and oxygen atoms in total. The van der Waals surface area contributed by atoms with Gasteiger partial charge in [-0.2, -0.15) is 9.49 Å². The summed E-state index contributed by atoms with van der Waals surface area (Å²) < 4.78 is 19.5. The second-order valence-electron chi connectivity index (χ2n) is 3.72. The summed E-state index contributed by atoms with van der Waals surface area (Å²) in [6.07, 6.45) is 0. The van der Waals surface area contributed by atoms with Gasteiger partial charge < -0.3 is 4.74 Å². The van der Waals surface area contributed by atoms with Crippen LogP contribution in [0.3, 0.4) is 0 Å². The third kappa shape index (κ3) is 2.74. The van der Waals surface area contributed by atoms with Crippen molar-refractivity contribution >= 4 is 5.97 Å². The van der Waals surface area contributed by atoms with Gasteiger partial charge in [-0.15, -0.1) is 0 Å². The van der Waals surface area contributed by atoms with E-state index in [0.717, 1.165) is 16.3 Å². The molecule has 1 heterocycles. The standard InChI is InChI=1S/C13H13FN2O2/c1-2-18-13(17)11-8-12(14)16(15-11)9-10-6-4-3-5-7-10/h3-8H,2,9H2,1H3. The van der Waals surface area contributed by atoms with Gasteiger partial charge >= 0.3 is 5.97 Å². The monoisotopic (exact) mass is 248 g/mol. The van der Waals surface area contributed by atoms with Crippen LogP contribution in [0.1, 0.15) is 23.0 Å². The minimum Gasteiger partial charge on any atom is -0.461 e. The second kappa shape index (κ2) is 5.44. The Morgan fingerprint density at radius 2 is 2.11 bits per heavy atom. The fourth-order valence-electron chi connectivity index (χ4n) is 1.57. The molecule has 18 heavy (non-hydrogen) atoms. The highest BCUT2D eigenvalue weighted by Crippen LogP contribution is 2.08. The molecule has 0 N–H and O–H groups in total. The van der Waals surface area contributed by atoms with Crippen LogP contribution in [0.4, 0.5) is 4.39 Å². The molecule has 2 aromatic rings. The maximum absolute atomic E-state index is 13.6. The van der Waals surface area contributed by atoms with E-state index in [2.05, 4.69) is 5.10 Å². The SMILES string of the molecule is CCOC(=O)c1cc(F)n(Cc2ccccc2)n1. The lowest BCUT2D eigenvalue weighted by Gasteiger charge is -2.02. The predicted molar refractivity (Wildman–Crippen MR) is 63.7 cm³/mol. The number of ether oxygens (including phenoxy) is 1. The Morgan fingerprint density at radius 1 is 1.39 bits per heavy atom. The molecule has 1 aromatic heterocycles. The first-order valence-corrected chi connectivity index (χ1v) is 5.65. The predicted octanol–water partition coefficient (Wildman–Crippen LogP) is 2.25. The second-order valence-corrected chi connectivity index (χ2v) is 3.72. The van der Waals surface area contributed by atoms with Gasteiger partial charge in [-0.25, -0.2) is 9.48 Å². The molecule has 0 atom stereocenters. The number of hydrogen-bond donors (Lipinski definition) is 0. The zero-order chi connectivity index (χ0) is 13.0. The van der Waals surface area contributed by atoms with Gasteiger partial charge in [0.2, 0.25) is 5.95 Å². The number of hydrogen-bond acceptors (Lipinski definition) is 3. The van der Waals surface area contributed by atoms with Gasteiger partial charge in [0.1, 0.15) is 0 Å². The van der Waals surface area contributed by atoms with Crippen LogP contribution in [0, 0.1) is 5.95 Å². The van der Waals surface area contributed by atoms with Crippen molar-refractivity contribution in [3.8, 4) is 0 Å². The van der Waals surface area contributed by atoms with E-state index >= 15 is 0 Å². The zero-order valence-corrected chi connectivity index (χ0v) is 9.97. The van der Waals surface area contributed by atoms with Crippen LogP contribution >= 0.6 is 0 Å². The molecule has 0 aliphatic heterocycles. The fraction of sp³-hybridized carbons (Fsp3) is 0.231. The van der Waals surface area contributed by atoms with Crippen molar-refractivity contribution in [2.45, 2.75) is 13.5 Å². The number of esters is 1. The van der Waals surface area contributed by atoms with E-state index < -0.39 is 11.9 Å². The molecule has 0 saturated carbocycles. The summed E-state index contributed by atoms with van der Waals surface area (Å²) in [5.74, 6) is -1.16. The van der Waals surface area contributed by atoms with E-state index in [-0.39, 0.29) is 18.8 Å². The zero-order valence-electron chi connectivity index (χ0n) is 9.97. The molecule has 1 aromatic carbocycles. The van der Waals surface area contributed by atoms with Crippen molar-refractivity contribution in [2.24, 2.45) is 0 Å². The average molecular weight is 248 g/mol. The lowest BCUT2D eigenvalue weighted by Crippen LogP contribution is -2.08. The van der Waals surface area contributed by atoms with Gasteiger partial charge in [-0.3, -0.25) is 0 Å². The molecule has 5 heteroatoms. The molecule has 0 aliphatic carbocycles. The Balaban J connectivity index is 2.17. The molecule has 0 aliphatic rings. The van der Waals surface area contributed by atoms with Crippen molar-refractivity contribution in [1.82, 2.24) is 9.78 Å². The summed E-state index contributed by atoms with van der Waals surface area (Å²) in [7, 11) is 0. The highest BCUT2D eigenvalue weighted by molar-refractivity contribution is 5.87. The van der Waals surface area contributed by atoms with Crippen molar-refractivity contribution in [1.29, 1.82) is 0 Å². The Kier molecular flexibility index (Phi) is 3.72. The van der Waals surface area contributed by atoms with Gasteiger partial charge in [0.25, 0.3) is 0 Å². The molecule has 2 rings (SSSR count). The van der Waals surface area contributed by atoms with Crippen molar-refractivity contribution in [2.75, 3.05) is 6.61 Å². The Bertz CT molecular complexity index is 537. The molecule has 0 fully saturated rings. The maximum atomic E-state index is 13.6. The highest BCUT2D eigenvalue weighted by atomic mass is 19.1. The molecule has 0 saturated heterocycles. The third-order valence-electron chi connectivity index (χ3n) is 2.39. The fourth-order valence-corrected chi connectivity index (χ4v) is 1.57. The van der Waals surface area contributed by atoms with Crippen molar-refractivity contribution < 1.29 is 13.9 Å². The van der Waals surface area contributed by atoms with Gasteiger partial charge in [-0.05, 0) is 12.5 Å². The van der Waals surface area contributed by atoms with Gasteiger partial charge in [0, 0.05) is 6.07 Å².